The van der Waals surface area contributed by atoms with Crippen LogP contribution in [0, 0.1) is 6.92 Å². The van der Waals surface area contributed by atoms with Gasteiger partial charge in [-0.1, -0.05) is 24.3 Å². The first-order valence-corrected chi connectivity index (χ1v) is 12.1. The zero-order valence-corrected chi connectivity index (χ0v) is 17.5. The Kier molecular flexibility index (Phi) is 5.97. The summed E-state index contributed by atoms with van der Waals surface area (Å²) in [7, 11) is -5.73. The van der Waals surface area contributed by atoms with Crippen LogP contribution >= 0.6 is 0 Å². The first-order valence-electron chi connectivity index (χ1n) is 8.97. The molecule has 0 atom stereocenters. The fourth-order valence-corrected chi connectivity index (χ4v) is 6.11. The van der Waals surface area contributed by atoms with Crippen molar-refractivity contribution in [3.05, 3.63) is 53.6 Å². The van der Waals surface area contributed by atoms with Crippen molar-refractivity contribution in [3.63, 3.8) is 0 Å². The summed E-state index contributed by atoms with van der Waals surface area (Å²) in [5.74, 6) is 0.671. The van der Waals surface area contributed by atoms with E-state index in [1.165, 1.54) is 17.5 Å². The summed E-state index contributed by atoms with van der Waals surface area (Å²) in [6.45, 7) is 2.11. The van der Waals surface area contributed by atoms with Crippen LogP contribution < -0.4 is 13.8 Å². The predicted molar refractivity (Wildman–Crippen MR) is 109 cm³/mol. The molecule has 2 aromatic carbocycles. The molecule has 1 heterocycles. The molecule has 0 amide bonds. The maximum absolute atomic E-state index is 12.9. The molecule has 0 bridgehead atoms. The fraction of sp³-hybridized carbons (Fsp3) is 0.368. The number of benzene rings is 2. The second kappa shape index (κ2) is 8.10. The van der Waals surface area contributed by atoms with Crippen LogP contribution in [0.3, 0.4) is 0 Å². The van der Waals surface area contributed by atoms with Crippen LogP contribution in [0.1, 0.15) is 24.0 Å². The molecule has 1 saturated heterocycles. The van der Waals surface area contributed by atoms with E-state index in [1.54, 1.807) is 37.3 Å². The molecular formula is C19H24N2O5S2. The van der Waals surface area contributed by atoms with Gasteiger partial charge in [0.1, 0.15) is 5.75 Å². The molecule has 2 aromatic rings. The third-order valence-corrected chi connectivity index (χ3v) is 8.16. The Hall–Kier alpha value is -2.10. The summed E-state index contributed by atoms with van der Waals surface area (Å²) in [5, 5.41) is 0. The number of ether oxygens (including phenoxy) is 1. The summed E-state index contributed by atoms with van der Waals surface area (Å²) in [6, 6.07) is 11.9. The Morgan fingerprint density at radius 1 is 1.14 bits per heavy atom. The molecule has 0 spiro atoms. The van der Waals surface area contributed by atoms with Gasteiger partial charge in [0.25, 0.3) is 0 Å². The van der Waals surface area contributed by atoms with Gasteiger partial charge in [0.05, 0.1) is 23.4 Å². The molecule has 9 heteroatoms. The number of nitrogens with one attached hydrogen (secondary N) is 1. The lowest BCUT2D eigenvalue weighted by Gasteiger charge is -2.28. The van der Waals surface area contributed by atoms with Crippen LogP contribution in [0.4, 0.5) is 5.69 Å². The van der Waals surface area contributed by atoms with E-state index in [2.05, 4.69) is 4.72 Å². The number of hydrogen-bond donors (Lipinski definition) is 1. The van der Waals surface area contributed by atoms with E-state index in [0.29, 0.717) is 35.5 Å². The molecule has 1 N–H and O–H groups in total. The van der Waals surface area contributed by atoms with Crippen LogP contribution in [0.5, 0.6) is 5.75 Å². The summed E-state index contributed by atoms with van der Waals surface area (Å²) in [6.07, 6.45) is 1.37. The number of rotatable bonds is 6. The highest BCUT2D eigenvalue weighted by Crippen LogP contribution is 2.28. The van der Waals surface area contributed by atoms with Crippen LogP contribution in [0.2, 0.25) is 0 Å². The van der Waals surface area contributed by atoms with Crippen molar-refractivity contribution in [3.8, 4) is 5.75 Å². The van der Waals surface area contributed by atoms with Gasteiger partial charge >= 0.3 is 0 Å². The van der Waals surface area contributed by atoms with Crippen molar-refractivity contribution >= 4 is 25.7 Å². The smallest absolute Gasteiger partial charge is 0.241 e. The van der Waals surface area contributed by atoms with Crippen molar-refractivity contribution in [2.45, 2.75) is 31.2 Å². The van der Waals surface area contributed by atoms with Crippen molar-refractivity contribution in [2.24, 2.45) is 0 Å². The largest absolute Gasteiger partial charge is 0.496 e. The molecule has 1 aliphatic heterocycles. The number of sulfonamides is 2. The third kappa shape index (κ3) is 4.31. The minimum absolute atomic E-state index is 0.0675. The minimum Gasteiger partial charge on any atom is -0.496 e. The molecule has 0 saturated carbocycles. The van der Waals surface area contributed by atoms with Crippen molar-refractivity contribution in [1.82, 2.24) is 4.72 Å². The first-order chi connectivity index (χ1) is 13.2. The lowest BCUT2D eigenvalue weighted by Crippen LogP contribution is -2.38. The maximum atomic E-state index is 12.9. The molecule has 0 unspecified atom stereocenters. The number of anilines is 1. The van der Waals surface area contributed by atoms with Crippen LogP contribution in [-0.2, 0) is 26.6 Å². The SMILES string of the molecule is COc1ccccc1CNS(=O)(=O)c1cc(N2CCCCS2(=O)=O)ccc1C. The van der Waals surface area contributed by atoms with Gasteiger partial charge in [-0.05, 0) is 43.5 Å². The Balaban J connectivity index is 1.89. The standard InChI is InChI=1S/C19H24N2O5S2/c1-15-9-10-17(21-11-5-6-12-27(21,22)23)13-19(15)28(24,25)20-14-16-7-3-4-8-18(16)26-2/h3-4,7-10,13,20H,5-6,11-12,14H2,1-2H3. The van der Waals surface area contributed by atoms with Gasteiger partial charge in [0.15, 0.2) is 0 Å². The van der Waals surface area contributed by atoms with E-state index in [-0.39, 0.29) is 17.2 Å². The zero-order valence-electron chi connectivity index (χ0n) is 15.9. The molecule has 152 valence electrons. The minimum atomic E-state index is -3.84. The molecule has 3 rings (SSSR count). The Bertz CT molecular complexity index is 1070. The Morgan fingerprint density at radius 3 is 2.61 bits per heavy atom. The summed E-state index contributed by atoms with van der Waals surface area (Å²) in [4.78, 5) is 0.0701. The van der Waals surface area contributed by atoms with Crippen molar-refractivity contribution in [2.75, 3.05) is 23.7 Å². The highest BCUT2D eigenvalue weighted by molar-refractivity contribution is 7.92. The molecule has 7 nitrogen and oxygen atoms in total. The molecule has 1 aliphatic rings. The second-order valence-corrected chi connectivity index (χ2v) is 10.4. The van der Waals surface area contributed by atoms with E-state index in [1.807, 2.05) is 6.07 Å². The lowest BCUT2D eigenvalue weighted by atomic mass is 10.2. The number of methoxy groups -OCH3 is 1. The Morgan fingerprint density at radius 2 is 1.89 bits per heavy atom. The fourth-order valence-electron chi connectivity index (χ4n) is 3.21. The summed E-state index contributed by atoms with van der Waals surface area (Å²) >= 11 is 0. The van der Waals surface area contributed by atoms with Crippen LogP contribution in [0.25, 0.3) is 0 Å². The van der Waals surface area contributed by atoms with Gasteiger partial charge in [0, 0.05) is 18.7 Å². The quantitative estimate of drug-likeness (QED) is 0.769. The number of hydrogen-bond acceptors (Lipinski definition) is 5. The van der Waals surface area contributed by atoms with Gasteiger partial charge in [-0.15, -0.1) is 0 Å². The van der Waals surface area contributed by atoms with Crippen LogP contribution in [0.15, 0.2) is 47.4 Å². The average molecular weight is 425 g/mol. The van der Waals surface area contributed by atoms with E-state index in [4.69, 9.17) is 4.74 Å². The first kappa shape index (κ1) is 20.6. The molecule has 0 radical (unpaired) electrons. The van der Waals surface area contributed by atoms with E-state index in [0.717, 1.165) is 6.42 Å². The van der Waals surface area contributed by atoms with Crippen LogP contribution in [-0.4, -0.2) is 36.2 Å². The van der Waals surface area contributed by atoms with E-state index >= 15 is 0 Å². The van der Waals surface area contributed by atoms with Gasteiger partial charge in [-0.3, -0.25) is 4.31 Å². The average Bonchev–Trinajstić information content (AvgIpc) is 2.67. The number of nitrogens with zero attached hydrogens (tertiary/aromatic N) is 1. The monoisotopic (exact) mass is 424 g/mol. The second-order valence-electron chi connectivity index (χ2n) is 6.68. The highest BCUT2D eigenvalue weighted by atomic mass is 32.2. The van der Waals surface area contributed by atoms with Gasteiger partial charge < -0.3 is 4.74 Å². The van der Waals surface area contributed by atoms with Gasteiger partial charge in [-0.25, -0.2) is 21.6 Å². The Labute approximate surface area is 166 Å². The van der Waals surface area contributed by atoms with Crippen molar-refractivity contribution < 1.29 is 21.6 Å². The van der Waals surface area contributed by atoms with Gasteiger partial charge in [-0.2, -0.15) is 0 Å². The zero-order chi connectivity index (χ0) is 20.4. The molecule has 0 aliphatic carbocycles. The summed E-state index contributed by atoms with van der Waals surface area (Å²) < 4.78 is 59.7. The summed E-state index contributed by atoms with van der Waals surface area (Å²) in [5.41, 5.74) is 1.63. The molecule has 1 fully saturated rings. The predicted octanol–water partition coefficient (Wildman–Crippen LogP) is 2.41. The third-order valence-electron chi connectivity index (χ3n) is 4.74. The topological polar surface area (TPSA) is 92.8 Å². The van der Waals surface area contributed by atoms with Gasteiger partial charge in [0.2, 0.25) is 20.0 Å². The lowest BCUT2D eigenvalue weighted by molar-refractivity contribution is 0.409. The number of aryl methyl sites for hydroxylation is 1. The molecular weight excluding hydrogens is 400 g/mol. The molecule has 28 heavy (non-hydrogen) atoms. The maximum Gasteiger partial charge on any atom is 0.241 e. The van der Waals surface area contributed by atoms with Crippen molar-refractivity contribution in [1.29, 1.82) is 0 Å². The van der Waals surface area contributed by atoms with E-state index in [9.17, 15) is 16.8 Å². The van der Waals surface area contributed by atoms with E-state index < -0.39 is 20.0 Å². The highest BCUT2D eigenvalue weighted by Gasteiger charge is 2.27. The number of para-hydroxylation sites is 1. The normalized spacial score (nSPS) is 16.7. The molecule has 0 aromatic heterocycles.